The summed E-state index contributed by atoms with van der Waals surface area (Å²) in [6.07, 6.45) is 0. The molecule has 0 heterocycles. The number of hydrogen-bond acceptors (Lipinski definition) is 4. The van der Waals surface area contributed by atoms with E-state index in [4.69, 9.17) is 16.6 Å². The van der Waals surface area contributed by atoms with Crippen LogP contribution in [0.3, 0.4) is 0 Å². The number of nitrogens with two attached hydrogens (primary N) is 2. The molecule has 4 heteroatoms. The van der Waals surface area contributed by atoms with E-state index >= 15 is 0 Å². The molecule has 1 aromatic rings. The van der Waals surface area contributed by atoms with Crippen LogP contribution in [0.25, 0.3) is 0 Å². The topological polar surface area (TPSA) is 92.5 Å². The second-order valence-electron chi connectivity index (χ2n) is 2.37. The maximum absolute atomic E-state index is 9.20. The maximum atomic E-state index is 9.20. The lowest BCUT2D eigenvalue weighted by atomic mass is 10.1. The molecular formula is C7H10N2O2. The van der Waals surface area contributed by atoms with Crippen LogP contribution < -0.4 is 11.5 Å². The van der Waals surface area contributed by atoms with Gasteiger partial charge in [-0.05, 0) is 6.92 Å². The third kappa shape index (κ3) is 1.02. The second kappa shape index (κ2) is 2.23. The minimum atomic E-state index is -0.189. The number of rotatable bonds is 0. The lowest BCUT2D eigenvalue weighted by Gasteiger charge is -2.07. The van der Waals surface area contributed by atoms with Crippen molar-refractivity contribution in [3.63, 3.8) is 0 Å². The average molecular weight is 154 g/mol. The maximum Gasteiger partial charge on any atom is 0.147 e. The molecule has 0 radical (unpaired) electrons. The Balaban J connectivity index is 3.46. The van der Waals surface area contributed by atoms with Gasteiger partial charge in [-0.3, -0.25) is 0 Å². The van der Waals surface area contributed by atoms with Gasteiger partial charge in [0.1, 0.15) is 17.2 Å². The Hall–Kier alpha value is -1.58. The molecule has 0 aromatic heterocycles. The quantitative estimate of drug-likeness (QED) is 0.324. The van der Waals surface area contributed by atoms with Gasteiger partial charge in [0.15, 0.2) is 0 Å². The molecule has 0 fully saturated rings. The van der Waals surface area contributed by atoms with E-state index < -0.39 is 0 Å². The molecule has 0 unspecified atom stereocenters. The highest BCUT2D eigenvalue weighted by molar-refractivity contribution is 5.72. The Labute approximate surface area is 64.1 Å². The van der Waals surface area contributed by atoms with Crippen LogP contribution in [-0.2, 0) is 0 Å². The largest absolute Gasteiger partial charge is 0.506 e. The molecular weight excluding hydrogens is 144 g/mol. The third-order valence-corrected chi connectivity index (χ3v) is 1.61. The number of phenolic OH excluding ortho intramolecular Hbond substituents is 2. The van der Waals surface area contributed by atoms with Gasteiger partial charge >= 0.3 is 0 Å². The Morgan fingerprint density at radius 2 is 1.82 bits per heavy atom. The summed E-state index contributed by atoms with van der Waals surface area (Å²) in [4.78, 5) is 0. The summed E-state index contributed by atoms with van der Waals surface area (Å²) in [5.41, 5.74) is 11.5. The highest BCUT2D eigenvalue weighted by Gasteiger charge is 2.08. The Bertz CT molecular complexity index is 271. The Morgan fingerprint density at radius 1 is 1.27 bits per heavy atom. The van der Waals surface area contributed by atoms with E-state index in [0.29, 0.717) is 11.3 Å². The van der Waals surface area contributed by atoms with E-state index in [1.165, 1.54) is 6.07 Å². The van der Waals surface area contributed by atoms with Crippen molar-refractivity contribution in [2.75, 3.05) is 11.5 Å². The monoisotopic (exact) mass is 154 g/mol. The minimum Gasteiger partial charge on any atom is -0.506 e. The molecule has 6 N–H and O–H groups in total. The van der Waals surface area contributed by atoms with Gasteiger partial charge in [-0.2, -0.15) is 0 Å². The Kier molecular flexibility index (Phi) is 1.53. The van der Waals surface area contributed by atoms with Crippen LogP contribution in [0.5, 0.6) is 11.5 Å². The molecule has 0 atom stereocenters. The van der Waals surface area contributed by atoms with E-state index in [1.807, 2.05) is 0 Å². The predicted molar refractivity (Wildman–Crippen MR) is 43.3 cm³/mol. The molecule has 11 heavy (non-hydrogen) atoms. The fourth-order valence-corrected chi connectivity index (χ4v) is 0.793. The molecule has 1 rings (SSSR count). The molecule has 4 nitrogen and oxygen atoms in total. The van der Waals surface area contributed by atoms with Gasteiger partial charge in [-0.1, -0.05) is 0 Å². The number of hydrogen-bond donors (Lipinski definition) is 4. The molecule has 0 saturated carbocycles. The van der Waals surface area contributed by atoms with Crippen molar-refractivity contribution in [1.82, 2.24) is 0 Å². The summed E-state index contributed by atoms with van der Waals surface area (Å²) in [5.74, 6) is -0.340. The zero-order valence-corrected chi connectivity index (χ0v) is 6.13. The van der Waals surface area contributed by atoms with Crippen LogP contribution in [0.15, 0.2) is 6.07 Å². The Morgan fingerprint density at radius 3 is 2.36 bits per heavy atom. The molecule has 0 spiro atoms. The van der Waals surface area contributed by atoms with Crippen LogP contribution in [0.1, 0.15) is 5.56 Å². The van der Waals surface area contributed by atoms with Crippen molar-refractivity contribution in [1.29, 1.82) is 0 Å². The van der Waals surface area contributed by atoms with E-state index in [9.17, 15) is 5.11 Å². The highest BCUT2D eigenvalue weighted by Crippen LogP contribution is 2.36. The second-order valence-corrected chi connectivity index (χ2v) is 2.37. The van der Waals surface area contributed by atoms with Crippen molar-refractivity contribution in [2.45, 2.75) is 6.92 Å². The molecule has 0 aliphatic heterocycles. The van der Waals surface area contributed by atoms with Gasteiger partial charge in [0.25, 0.3) is 0 Å². The first-order valence-corrected chi connectivity index (χ1v) is 3.10. The van der Waals surface area contributed by atoms with Crippen molar-refractivity contribution in [2.24, 2.45) is 0 Å². The summed E-state index contributed by atoms with van der Waals surface area (Å²) < 4.78 is 0. The van der Waals surface area contributed by atoms with E-state index in [2.05, 4.69) is 0 Å². The zero-order valence-electron chi connectivity index (χ0n) is 6.13. The number of anilines is 2. The van der Waals surface area contributed by atoms with Gasteiger partial charge in [0.05, 0.1) is 0 Å². The first-order valence-electron chi connectivity index (χ1n) is 3.10. The van der Waals surface area contributed by atoms with Gasteiger partial charge in [-0.15, -0.1) is 0 Å². The summed E-state index contributed by atoms with van der Waals surface area (Å²) in [6, 6.07) is 1.31. The lowest BCUT2D eigenvalue weighted by molar-refractivity contribution is 0.453. The molecule has 0 aliphatic rings. The molecule has 0 aliphatic carbocycles. The summed E-state index contributed by atoms with van der Waals surface area (Å²) in [5, 5.41) is 18.2. The zero-order chi connectivity index (χ0) is 8.59. The third-order valence-electron chi connectivity index (χ3n) is 1.61. The summed E-state index contributed by atoms with van der Waals surface area (Å²) >= 11 is 0. The van der Waals surface area contributed by atoms with Crippen molar-refractivity contribution in [3.8, 4) is 11.5 Å². The van der Waals surface area contributed by atoms with Crippen LogP contribution in [-0.4, -0.2) is 10.2 Å². The number of nitrogen functional groups attached to an aromatic ring is 2. The van der Waals surface area contributed by atoms with Crippen LogP contribution in [0.2, 0.25) is 0 Å². The van der Waals surface area contributed by atoms with E-state index in [0.717, 1.165) is 0 Å². The molecule has 1 aromatic carbocycles. The molecule has 0 bridgehead atoms. The van der Waals surface area contributed by atoms with Crippen molar-refractivity contribution in [3.05, 3.63) is 11.6 Å². The van der Waals surface area contributed by atoms with Crippen molar-refractivity contribution >= 4 is 11.4 Å². The average Bonchev–Trinajstić information content (AvgIpc) is 1.97. The van der Waals surface area contributed by atoms with Gasteiger partial charge in [0, 0.05) is 17.3 Å². The lowest BCUT2D eigenvalue weighted by Crippen LogP contribution is -1.94. The molecule has 0 amide bonds. The molecule has 0 saturated heterocycles. The van der Waals surface area contributed by atoms with Gasteiger partial charge in [0.2, 0.25) is 0 Å². The first kappa shape index (κ1) is 7.53. The smallest absolute Gasteiger partial charge is 0.147 e. The normalized spacial score (nSPS) is 9.91. The van der Waals surface area contributed by atoms with E-state index in [1.54, 1.807) is 6.92 Å². The summed E-state index contributed by atoms with van der Waals surface area (Å²) in [6.45, 7) is 1.63. The number of benzene rings is 1. The van der Waals surface area contributed by atoms with Crippen molar-refractivity contribution < 1.29 is 10.2 Å². The fraction of sp³-hybridized carbons (Fsp3) is 0.143. The SMILES string of the molecule is Cc1c(N)cc(O)c(N)c1O. The fourth-order valence-electron chi connectivity index (χ4n) is 0.793. The standard InChI is InChI=1S/C7H10N2O2/c1-3-4(8)2-5(10)6(9)7(3)11/h2,10-11H,8-9H2,1H3. The predicted octanol–water partition coefficient (Wildman–Crippen LogP) is 0.571. The summed E-state index contributed by atoms with van der Waals surface area (Å²) in [7, 11) is 0. The number of phenols is 2. The number of aromatic hydroxyl groups is 2. The minimum absolute atomic E-state index is 0.0308. The van der Waals surface area contributed by atoms with Gasteiger partial charge in [-0.25, -0.2) is 0 Å². The first-order chi connectivity index (χ1) is 5.04. The highest BCUT2D eigenvalue weighted by atomic mass is 16.3. The van der Waals surface area contributed by atoms with Gasteiger partial charge < -0.3 is 21.7 Å². The van der Waals surface area contributed by atoms with Crippen LogP contribution in [0.4, 0.5) is 11.4 Å². The van der Waals surface area contributed by atoms with Crippen LogP contribution in [0, 0.1) is 6.92 Å². The molecule has 60 valence electrons. The van der Waals surface area contributed by atoms with Crippen LogP contribution >= 0.6 is 0 Å². The van der Waals surface area contributed by atoms with E-state index in [-0.39, 0.29) is 17.2 Å².